The van der Waals surface area contributed by atoms with Gasteiger partial charge in [0.2, 0.25) is 0 Å². The summed E-state index contributed by atoms with van der Waals surface area (Å²) in [7, 11) is 0. The maximum atomic E-state index is 4.96. The summed E-state index contributed by atoms with van der Waals surface area (Å²) < 4.78 is 1.07. The molecule has 0 bridgehead atoms. The molecule has 1 aromatic carbocycles. The molecule has 0 heterocycles. The molecule has 0 aliphatic carbocycles. The Bertz CT molecular complexity index is 292. The summed E-state index contributed by atoms with van der Waals surface area (Å²) in [5.74, 6) is 0. The SMILES string of the molecule is CCO/N=C(\C)c1ccc(Br)cc1. The van der Waals surface area contributed by atoms with Gasteiger partial charge in [0.25, 0.3) is 0 Å². The minimum atomic E-state index is 0.605. The van der Waals surface area contributed by atoms with Gasteiger partial charge in [-0.1, -0.05) is 33.2 Å². The van der Waals surface area contributed by atoms with Gasteiger partial charge in [0.15, 0.2) is 0 Å². The summed E-state index contributed by atoms with van der Waals surface area (Å²) in [5.41, 5.74) is 1.98. The van der Waals surface area contributed by atoms with E-state index in [0.29, 0.717) is 6.61 Å². The lowest BCUT2D eigenvalue weighted by Crippen LogP contribution is -1.95. The molecule has 0 aliphatic heterocycles. The van der Waals surface area contributed by atoms with Crippen LogP contribution in [0.25, 0.3) is 0 Å². The summed E-state index contributed by atoms with van der Waals surface area (Å²) in [4.78, 5) is 4.96. The number of benzene rings is 1. The standard InChI is InChI=1S/C10H12BrNO/c1-3-13-12-8(2)9-4-6-10(11)7-5-9/h4-7H,3H2,1-2H3/b12-8+. The molecule has 0 N–H and O–H groups in total. The number of hydrogen-bond donors (Lipinski definition) is 0. The fraction of sp³-hybridized carbons (Fsp3) is 0.300. The zero-order valence-corrected chi connectivity index (χ0v) is 9.34. The molecule has 0 saturated carbocycles. The Kier molecular flexibility index (Phi) is 3.96. The number of nitrogens with zero attached hydrogens (tertiary/aromatic N) is 1. The minimum absolute atomic E-state index is 0.605. The molecule has 0 aliphatic rings. The van der Waals surface area contributed by atoms with Crippen LogP contribution < -0.4 is 0 Å². The molecule has 0 atom stereocenters. The van der Waals surface area contributed by atoms with E-state index in [-0.39, 0.29) is 0 Å². The zero-order chi connectivity index (χ0) is 9.68. The first-order valence-corrected chi connectivity index (χ1v) is 4.96. The third-order valence-electron chi connectivity index (χ3n) is 1.59. The molecule has 3 heteroatoms. The van der Waals surface area contributed by atoms with Crippen LogP contribution in [0.3, 0.4) is 0 Å². The number of halogens is 1. The maximum absolute atomic E-state index is 4.96. The Morgan fingerprint density at radius 1 is 1.38 bits per heavy atom. The Labute approximate surface area is 86.7 Å². The van der Waals surface area contributed by atoms with Crippen LogP contribution in [0.15, 0.2) is 33.9 Å². The lowest BCUT2D eigenvalue weighted by molar-refractivity contribution is 0.159. The fourth-order valence-electron chi connectivity index (χ4n) is 0.905. The molecule has 2 nitrogen and oxygen atoms in total. The van der Waals surface area contributed by atoms with Crippen molar-refractivity contribution in [1.29, 1.82) is 0 Å². The Morgan fingerprint density at radius 2 is 2.00 bits per heavy atom. The second-order valence-electron chi connectivity index (χ2n) is 2.60. The van der Waals surface area contributed by atoms with Crippen molar-refractivity contribution in [1.82, 2.24) is 0 Å². The maximum Gasteiger partial charge on any atom is 0.114 e. The normalized spacial score (nSPS) is 11.5. The highest BCUT2D eigenvalue weighted by Crippen LogP contribution is 2.11. The third-order valence-corrected chi connectivity index (χ3v) is 2.12. The van der Waals surface area contributed by atoms with E-state index in [1.54, 1.807) is 0 Å². The van der Waals surface area contributed by atoms with E-state index in [9.17, 15) is 0 Å². The van der Waals surface area contributed by atoms with Gasteiger partial charge >= 0.3 is 0 Å². The molecule has 70 valence electrons. The van der Waals surface area contributed by atoms with Crippen LogP contribution in [0.4, 0.5) is 0 Å². The largest absolute Gasteiger partial charge is 0.396 e. The molecule has 13 heavy (non-hydrogen) atoms. The second kappa shape index (κ2) is 5.02. The summed E-state index contributed by atoms with van der Waals surface area (Å²) in [6.45, 7) is 4.45. The van der Waals surface area contributed by atoms with Crippen LogP contribution in [0.5, 0.6) is 0 Å². The Balaban J connectivity index is 2.77. The number of oxime groups is 1. The zero-order valence-electron chi connectivity index (χ0n) is 7.75. The number of rotatable bonds is 3. The highest BCUT2D eigenvalue weighted by Gasteiger charge is 1.96. The Hall–Kier alpha value is -0.830. The second-order valence-corrected chi connectivity index (χ2v) is 3.52. The van der Waals surface area contributed by atoms with Crippen molar-refractivity contribution in [2.75, 3.05) is 6.61 Å². The minimum Gasteiger partial charge on any atom is -0.396 e. The molecule has 0 amide bonds. The van der Waals surface area contributed by atoms with E-state index in [4.69, 9.17) is 4.84 Å². The van der Waals surface area contributed by atoms with E-state index in [1.165, 1.54) is 0 Å². The molecule has 0 aromatic heterocycles. The average molecular weight is 242 g/mol. The number of hydrogen-bond acceptors (Lipinski definition) is 2. The van der Waals surface area contributed by atoms with Crippen molar-refractivity contribution in [2.24, 2.45) is 5.16 Å². The van der Waals surface area contributed by atoms with E-state index < -0.39 is 0 Å². The van der Waals surface area contributed by atoms with Crippen molar-refractivity contribution < 1.29 is 4.84 Å². The van der Waals surface area contributed by atoms with Crippen molar-refractivity contribution in [2.45, 2.75) is 13.8 Å². The molecular weight excluding hydrogens is 230 g/mol. The van der Waals surface area contributed by atoms with E-state index in [2.05, 4.69) is 21.1 Å². The molecule has 0 spiro atoms. The van der Waals surface area contributed by atoms with Gasteiger partial charge in [-0.05, 0) is 31.5 Å². The van der Waals surface area contributed by atoms with E-state index in [1.807, 2.05) is 38.1 Å². The van der Waals surface area contributed by atoms with Crippen molar-refractivity contribution in [3.05, 3.63) is 34.3 Å². The van der Waals surface area contributed by atoms with Crippen LogP contribution in [-0.4, -0.2) is 12.3 Å². The van der Waals surface area contributed by atoms with Gasteiger partial charge < -0.3 is 4.84 Å². The van der Waals surface area contributed by atoms with Crippen LogP contribution >= 0.6 is 15.9 Å². The molecule has 1 aromatic rings. The lowest BCUT2D eigenvalue weighted by Gasteiger charge is -2.00. The first-order valence-electron chi connectivity index (χ1n) is 4.16. The summed E-state index contributed by atoms with van der Waals surface area (Å²) in [5, 5.41) is 3.94. The predicted octanol–water partition coefficient (Wildman–Crippen LogP) is 3.21. The highest BCUT2D eigenvalue weighted by molar-refractivity contribution is 9.10. The average Bonchev–Trinajstić information content (AvgIpc) is 2.15. The molecule has 0 fully saturated rings. The third kappa shape index (κ3) is 3.19. The van der Waals surface area contributed by atoms with Crippen LogP contribution in [0, 0.1) is 0 Å². The first kappa shape index (κ1) is 10.3. The van der Waals surface area contributed by atoms with Gasteiger partial charge in [0.05, 0.1) is 5.71 Å². The summed E-state index contributed by atoms with van der Waals surface area (Å²) >= 11 is 3.38. The molecule has 0 radical (unpaired) electrons. The fourth-order valence-corrected chi connectivity index (χ4v) is 1.17. The molecule has 1 rings (SSSR count). The topological polar surface area (TPSA) is 21.6 Å². The predicted molar refractivity (Wildman–Crippen MR) is 58.0 cm³/mol. The van der Waals surface area contributed by atoms with Crippen LogP contribution in [-0.2, 0) is 4.84 Å². The van der Waals surface area contributed by atoms with Crippen molar-refractivity contribution >= 4 is 21.6 Å². The van der Waals surface area contributed by atoms with Gasteiger partial charge in [0, 0.05) is 4.47 Å². The Morgan fingerprint density at radius 3 is 2.54 bits per heavy atom. The molecular formula is C10H12BrNO. The van der Waals surface area contributed by atoms with Gasteiger partial charge in [-0.3, -0.25) is 0 Å². The van der Waals surface area contributed by atoms with E-state index >= 15 is 0 Å². The quantitative estimate of drug-likeness (QED) is 0.589. The smallest absolute Gasteiger partial charge is 0.114 e. The van der Waals surface area contributed by atoms with E-state index in [0.717, 1.165) is 15.7 Å². The summed E-state index contributed by atoms with van der Waals surface area (Å²) in [6, 6.07) is 7.98. The summed E-state index contributed by atoms with van der Waals surface area (Å²) in [6.07, 6.45) is 0. The van der Waals surface area contributed by atoms with Gasteiger partial charge in [-0.2, -0.15) is 0 Å². The first-order chi connectivity index (χ1) is 6.24. The highest BCUT2D eigenvalue weighted by atomic mass is 79.9. The molecule has 0 saturated heterocycles. The van der Waals surface area contributed by atoms with Gasteiger partial charge in [-0.15, -0.1) is 0 Å². The van der Waals surface area contributed by atoms with Crippen LogP contribution in [0.1, 0.15) is 19.4 Å². The van der Waals surface area contributed by atoms with Gasteiger partial charge in [-0.25, -0.2) is 0 Å². The van der Waals surface area contributed by atoms with Crippen molar-refractivity contribution in [3.8, 4) is 0 Å². The van der Waals surface area contributed by atoms with Crippen molar-refractivity contribution in [3.63, 3.8) is 0 Å². The monoisotopic (exact) mass is 241 g/mol. The lowest BCUT2D eigenvalue weighted by atomic mass is 10.1. The van der Waals surface area contributed by atoms with Crippen LogP contribution in [0.2, 0.25) is 0 Å². The molecule has 0 unspecified atom stereocenters. The van der Waals surface area contributed by atoms with Gasteiger partial charge in [0.1, 0.15) is 6.61 Å².